The van der Waals surface area contributed by atoms with Gasteiger partial charge in [-0.3, -0.25) is 4.79 Å². The van der Waals surface area contributed by atoms with Crippen molar-refractivity contribution < 1.29 is 9.90 Å². The summed E-state index contributed by atoms with van der Waals surface area (Å²) in [5.41, 5.74) is 1.71. The van der Waals surface area contributed by atoms with Crippen LogP contribution in [0.3, 0.4) is 0 Å². The van der Waals surface area contributed by atoms with Gasteiger partial charge in [-0.1, -0.05) is 0 Å². The molecule has 6 heteroatoms. The number of nitrogens with zero attached hydrogens (tertiary/aromatic N) is 3. The number of rotatable bonds is 1. The van der Waals surface area contributed by atoms with E-state index in [0.717, 1.165) is 12.8 Å². The molecule has 2 aromatic rings. The molecule has 1 amide bonds. The van der Waals surface area contributed by atoms with E-state index in [9.17, 15) is 9.90 Å². The summed E-state index contributed by atoms with van der Waals surface area (Å²) in [5.74, 6) is 1.13. The Balaban J connectivity index is 2.01. The van der Waals surface area contributed by atoms with Crippen LogP contribution >= 0.6 is 0 Å². The fraction of sp³-hybridized carbons (Fsp3) is 0.267. The molecular formula is C15H14N4O2. The van der Waals surface area contributed by atoms with Gasteiger partial charge >= 0.3 is 0 Å². The summed E-state index contributed by atoms with van der Waals surface area (Å²) >= 11 is 0. The predicted octanol–water partition coefficient (Wildman–Crippen LogP) is 2.36. The second-order valence-corrected chi connectivity index (χ2v) is 5.40. The monoisotopic (exact) mass is 282 g/mol. The first-order valence-electron chi connectivity index (χ1n) is 6.91. The lowest BCUT2D eigenvalue weighted by Gasteiger charge is -2.23. The molecule has 0 radical (unpaired) electrons. The largest absolute Gasteiger partial charge is 0.506 e. The van der Waals surface area contributed by atoms with Gasteiger partial charge in [0.25, 0.3) is 5.91 Å². The van der Waals surface area contributed by atoms with Crippen LogP contribution in [0.4, 0.5) is 17.3 Å². The van der Waals surface area contributed by atoms with Crippen molar-refractivity contribution >= 4 is 23.2 Å². The van der Waals surface area contributed by atoms with Crippen LogP contribution < -0.4 is 10.2 Å². The van der Waals surface area contributed by atoms with Crippen LogP contribution in [0.5, 0.6) is 5.75 Å². The van der Waals surface area contributed by atoms with Crippen molar-refractivity contribution in [3.8, 4) is 5.75 Å². The Morgan fingerprint density at radius 3 is 2.90 bits per heavy atom. The molecule has 1 fully saturated rings. The number of anilines is 3. The van der Waals surface area contributed by atoms with E-state index in [4.69, 9.17) is 0 Å². The maximum Gasteiger partial charge on any atom is 0.259 e. The molecule has 0 atom stereocenters. The van der Waals surface area contributed by atoms with E-state index in [1.54, 1.807) is 25.3 Å². The Bertz CT molecular complexity index is 755. The standard InChI is InChI=1S/C15H14N4O2/c1-8-11(20)7-17-14-12(8)18-15(21)10-3-2-6-16-13(10)19(14)9-4-5-9/h2-3,6-7,9,20H,4-5H2,1H3,(H,18,21). The van der Waals surface area contributed by atoms with Crippen molar-refractivity contribution in [2.24, 2.45) is 0 Å². The second kappa shape index (κ2) is 4.18. The van der Waals surface area contributed by atoms with Crippen LogP contribution in [0.25, 0.3) is 0 Å². The Labute approximate surface area is 121 Å². The number of hydrogen-bond donors (Lipinski definition) is 2. The van der Waals surface area contributed by atoms with Crippen LogP contribution in [0.2, 0.25) is 0 Å². The van der Waals surface area contributed by atoms with Gasteiger partial charge < -0.3 is 15.3 Å². The van der Waals surface area contributed by atoms with Crippen molar-refractivity contribution in [1.29, 1.82) is 0 Å². The lowest BCUT2D eigenvalue weighted by Crippen LogP contribution is -2.22. The van der Waals surface area contributed by atoms with Crippen LogP contribution in [-0.4, -0.2) is 27.0 Å². The third-order valence-electron chi connectivity index (χ3n) is 3.93. The highest BCUT2D eigenvalue weighted by atomic mass is 16.3. The van der Waals surface area contributed by atoms with Gasteiger partial charge in [0.15, 0.2) is 5.82 Å². The summed E-state index contributed by atoms with van der Waals surface area (Å²) in [4.78, 5) is 23.2. The minimum Gasteiger partial charge on any atom is -0.506 e. The average Bonchev–Trinajstić information content (AvgIpc) is 3.31. The summed E-state index contributed by atoms with van der Waals surface area (Å²) < 4.78 is 0. The summed E-state index contributed by atoms with van der Waals surface area (Å²) in [6.45, 7) is 1.77. The zero-order chi connectivity index (χ0) is 14.6. The second-order valence-electron chi connectivity index (χ2n) is 5.40. The lowest BCUT2D eigenvalue weighted by atomic mass is 10.2. The van der Waals surface area contributed by atoms with E-state index < -0.39 is 0 Å². The number of fused-ring (bicyclic) bond motifs is 2. The van der Waals surface area contributed by atoms with Crippen molar-refractivity contribution in [1.82, 2.24) is 9.97 Å². The molecule has 2 aromatic heterocycles. The van der Waals surface area contributed by atoms with Crippen molar-refractivity contribution in [2.75, 3.05) is 10.2 Å². The van der Waals surface area contributed by atoms with Gasteiger partial charge in [0.2, 0.25) is 0 Å². The highest BCUT2D eigenvalue weighted by molar-refractivity contribution is 6.12. The van der Waals surface area contributed by atoms with Gasteiger partial charge in [0.1, 0.15) is 11.6 Å². The number of amides is 1. The molecule has 3 heterocycles. The van der Waals surface area contributed by atoms with E-state index in [-0.39, 0.29) is 11.7 Å². The van der Waals surface area contributed by atoms with Gasteiger partial charge in [-0.05, 0) is 31.9 Å². The first-order chi connectivity index (χ1) is 10.2. The minimum absolute atomic E-state index is 0.0729. The molecular weight excluding hydrogens is 268 g/mol. The van der Waals surface area contributed by atoms with Crippen molar-refractivity contribution in [3.05, 3.63) is 35.7 Å². The zero-order valence-corrected chi connectivity index (χ0v) is 11.5. The minimum atomic E-state index is -0.224. The summed E-state index contributed by atoms with van der Waals surface area (Å²) in [6.07, 6.45) is 5.19. The van der Waals surface area contributed by atoms with Gasteiger partial charge in [-0.2, -0.15) is 0 Å². The molecule has 0 unspecified atom stereocenters. The third kappa shape index (κ3) is 1.75. The van der Waals surface area contributed by atoms with Crippen LogP contribution in [-0.2, 0) is 0 Å². The maximum atomic E-state index is 12.4. The van der Waals surface area contributed by atoms with Crippen LogP contribution in [0.1, 0.15) is 28.8 Å². The molecule has 6 nitrogen and oxygen atoms in total. The lowest BCUT2D eigenvalue weighted by molar-refractivity contribution is 0.102. The third-order valence-corrected chi connectivity index (χ3v) is 3.93. The highest BCUT2D eigenvalue weighted by Crippen LogP contribution is 2.45. The van der Waals surface area contributed by atoms with E-state index in [1.807, 2.05) is 4.90 Å². The summed E-state index contributed by atoms with van der Waals surface area (Å²) in [6, 6.07) is 3.81. The van der Waals surface area contributed by atoms with Crippen LogP contribution in [0, 0.1) is 6.92 Å². The van der Waals surface area contributed by atoms with Gasteiger partial charge in [-0.15, -0.1) is 0 Å². The number of aromatic hydroxyl groups is 1. The van der Waals surface area contributed by atoms with E-state index in [0.29, 0.717) is 34.5 Å². The molecule has 21 heavy (non-hydrogen) atoms. The molecule has 0 spiro atoms. The summed E-state index contributed by atoms with van der Waals surface area (Å²) in [5, 5.41) is 12.7. The Hall–Kier alpha value is -2.63. The molecule has 1 aliphatic carbocycles. The van der Waals surface area contributed by atoms with Gasteiger partial charge in [0, 0.05) is 17.8 Å². The zero-order valence-electron chi connectivity index (χ0n) is 11.5. The highest BCUT2D eigenvalue weighted by Gasteiger charge is 2.38. The fourth-order valence-electron chi connectivity index (χ4n) is 2.64. The Morgan fingerprint density at radius 1 is 1.33 bits per heavy atom. The van der Waals surface area contributed by atoms with Crippen molar-refractivity contribution in [2.45, 2.75) is 25.8 Å². The van der Waals surface area contributed by atoms with E-state index in [2.05, 4.69) is 15.3 Å². The first-order valence-corrected chi connectivity index (χ1v) is 6.91. The maximum absolute atomic E-state index is 12.4. The topological polar surface area (TPSA) is 78.4 Å². The number of hydrogen-bond acceptors (Lipinski definition) is 5. The number of carbonyl (C=O) groups excluding carboxylic acids is 1. The molecule has 0 saturated heterocycles. The molecule has 1 saturated carbocycles. The molecule has 2 N–H and O–H groups in total. The van der Waals surface area contributed by atoms with E-state index in [1.165, 1.54) is 6.20 Å². The Morgan fingerprint density at radius 2 is 2.14 bits per heavy atom. The SMILES string of the molecule is Cc1c(O)cnc2c1NC(=O)c1cccnc1N2C1CC1. The van der Waals surface area contributed by atoms with Crippen LogP contribution in [0.15, 0.2) is 24.5 Å². The molecule has 0 bridgehead atoms. The normalized spacial score (nSPS) is 16.8. The van der Waals surface area contributed by atoms with E-state index >= 15 is 0 Å². The number of nitrogens with one attached hydrogen (secondary N) is 1. The number of pyridine rings is 2. The smallest absolute Gasteiger partial charge is 0.259 e. The molecule has 106 valence electrons. The summed E-state index contributed by atoms with van der Waals surface area (Å²) in [7, 11) is 0. The molecule has 1 aliphatic heterocycles. The number of carbonyl (C=O) groups is 1. The Kier molecular flexibility index (Phi) is 2.42. The predicted molar refractivity (Wildman–Crippen MR) is 78.0 cm³/mol. The van der Waals surface area contributed by atoms with Crippen molar-refractivity contribution in [3.63, 3.8) is 0 Å². The fourth-order valence-corrected chi connectivity index (χ4v) is 2.64. The van der Waals surface area contributed by atoms with Gasteiger partial charge in [-0.25, -0.2) is 9.97 Å². The van der Waals surface area contributed by atoms with Gasteiger partial charge in [0.05, 0.1) is 17.4 Å². The first kappa shape index (κ1) is 12.1. The molecule has 0 aromatic carbocycles. The number of aromatic nitrogens is 2. The molecule has 2 aliphatic rings. The average molecular weight is 282 g/mol. The molecule has 4 rings (SSSR count). The quantitative estimate of drug-likeness (QED) is 0.839.